The summed E-state index contributed by atoms with van der Waals surface area (Å²) in [6, 6.07) is 13.4. The van der Waals surface area contributed by atoms with E-state index < -0.39 is 29.0 Å². The number of alkyl halides is 3. The molecule has 10 heteroatoms. The van der Waals surface area contributed by atoms with Crippen molar-refractivity contribution < 1.29 is 37.0 Å². The van der Waals surface area contributed by atoms with E-state index in [0.717, 1.165) is 23.4 Å². The molecule has 2 heterocycles. The molecule has 0 aromatic heterocycles. The third-order valence-electron chi connectivity index (χ3n) is 6.45. The third-order valence-corrected chi connectivity index (χ3v) is 7.57. The summed E-state index contributed by atoms with van der Waals surface area (Å²) >= 11 is 0.951. The second-order valence-corrected chi connectivity index (χ2v) is 10.4. The largest absolute Gasteiger partial charge is 0.466 e. The van der Waals surface area contributed by atoms with Crippen molar-refractivity contribution in [2.24, 2.45) is 5.92 Å². The molecule has 2 saturated heterocycles. The van der Waals surface area contributed by atoms with E-state index in [9.17, 15) is 22.8 Å². The van der Waals surface area contributed by atoms with Gasteiger partial charge in [-0.1, -0.05) is 54.7 Å². The SMILES string of the molecule is C=C(C(=O)N1CCC(C(=O)OCC)C1)c1ccc(SC2COCC(Cc3ccccc3)O2)c(C(F)(F)F)c1. The number of halogens is 3. The molecule has 3 atom stereocenters. The minimum absolute atomic E-state index is 0.0148. The average Bonchev–Trinajstić information content (AvgIpc) is 3.39. The number of likely N-dealkylation sites (tertiary alicyclic amines) is 1. The normalized spacial score (nSPS) is 21.8. The Morgan fingerprint density at radius 3 is 2.63 bits per heavy atom. The molecule has 6 nitrogen and oxygen atoms in total. The van der Waals surface area contributed by atoms with Crippen molar-refractivity contribution in [3.05, 3.63) is 71.8 Å². The highest BCUT2D eigenvalue weighted by Gasteiger charge is 2.37. The fourth-order valence-electron chi connectivity index (χ4n) is 4.53. The van der Waals surface area contributed by atoms with Crippen molar-refractivity contribution in [1.29, 1.82) is 0 Å². The fourth-order valence-corrected chi connectivity index (χ4v) is 5.64. The van der Waals surface area contributed by atoms with Crippen LogP contribution in [0.3, 0.4) is 0 Å². The van der Waals surface area contributed by atoms with Crippen molar-refractivity contribution in [1.82, 2.24) is 4.90 Å². The predicted molar refractivity (Wildman–Crippen MR) is 137 cm³/mol. The Morgan fingerprint density at radius 2 is 1.92 bits per heavy atom. The number of benzene rings is 2. The summed E-state index contributed by atoms with van der Waals surface area (Å²) in [6.07, 6.45) is -3.88. The Balaban J connectivity index is 1.45. The maximum absolute atomic E-state index is 14.1. The first-order valence-electron chi connectivity index (χ1n) is 12.5. The lowest BCUT2D eigenvalue weighted by molar-refractivity contribution is -0.147. The molecule has 4 rings (SSSR count). The zero-order valence-corrected chi connectivity index (χ0v) is 21.9. The van der Waals surface area contributed by atoms with Crippen molar-refractivity contribution in [2.45, 2.75) is 42.4 Å². The van der Waals surface area contributed by atoms with Gasteiger partial charge in [-0.05, 0) is 36.6 Å². The summed E-state index contributed by atoms with van der Waals surface area (Å²) in [7, 11) is 0. The van der Waals surface area contributed by atoms with Gasteiger partial charge in [-0.2, -0.15) is 13.2 Å². The molecule has 2 aliphatic heterocycles. The van der Waals surface area contributed by atoms with Crippen LogP contribution in [0.1, 0.15) is 30.0 Å². The number of carbonyl (C=O) groups excluding carboxylic acids is 2. The fraction of sp³-hybridized carbons (Fsp3) is 0.429. The predicted octanol–water partition coefficient (Wildman–Crippen LogP) is 5.21. The minimum Gasteiger partial charge on any atom is -0.466 e. The van der Waals surface area contributed by atoms with Gasteiger partial charge in [-0.15, -0.1) is 0 Å². The van der Waals surface area contributed by atoms with Gasteiger partial charge in [0.1, 0.15) is 5.44 Å². The summed E-state index contributed by atoms with van der Waals surface area (Å²) in [5.41, 5.74) is -0.403. The van der Waals surface area contributed by atoms with Gasteiger partial charge in [-0.25, -0.2) is 0 Å². The van der Waals surface area contributed by atoms with Gasteiger partial charge in [0.15, 0.2) is 0 Å². The molecule has 0 radical (unpaired) electrons. The number of thioether (sulfide) groups is 1. The van der Waals surface area contributed by atoms with Crippen LogP contribution in [-0.4, -0.2) is 61.2 Å². The number of carbonyl (C=O) groups is 2. The number of ether oxygens (including phenoxy) is 3. The van der Waals surface area contributed by atoms with Crippen molar-refractivity contribution >= 4 is 29.2 Å². The molecule has 2 aliphatic rings. The Morgan fingerprint density at radius 1 is 1.16 bits per heavy atom. The molecule has 0 saturated carbocycles. The van der Waals surface area contributed by atoms with Gasteiger partial charge in [0.25, 0.3) is 5.91 Å². The van der Waals surface area contributed by atoms with Crippen LogP contribution in [0.4, 0.5) is 13.2 Å². The van der Waals surface area contributed by atoms with Gasteiger partial charge in [0.2, 0.25) is 0 Å². The van der Waals surface area contributed by atoms with E-state index in [2.05, 4.69) is 6.58 Å². The standard InChI is InChI=1S/C28H30F3NO5S/c1-3-36-27(34)21-11-12-32(15-21)26(33)18(2)20-9-10-24(23(14-20)28(29,30)31)38-25-17-35-16-22(37-25)13-19-7-5-4-6-8-19/h4-10,14,21-22,25H,2-3,11-13,15-17H2,1H3. The van der Waals surface area contributed by atoms with Crippen molar-refractivity contribution in [3.8, 4) is 0 Å². The highest BCUT2D eigenvalue weighted by Crippen LogP contribution is 2.41. The van der Waals surface area contributed by atoms with Crippen LogP contribution < -0.4 is 0 Å². The first-order chi connectivity index (χ1) is 18.2. The smallest absolute Gasteiger partial charge is 0.417 e. The van der Waals surface area contributed by atoms with Crippen LogP contribution in [0.15, 0.2) is 60.0 Å². The van der Waals surface area contributed by atoms with Crippen LogP contribution in [0.25, 0.3) is 5.57 Å². The number of esters is 1. The van der Waals surface area contributed by atoms with Crippen LogP contribution in [0, 0.1) is 5.92 Å². The molecule has 0 spiro atoms. The molecular formula is C28H30F3NO5S. The number of hydrogen-bond donors (Lipinski definition) is 0. The van der Waals surface area contributed by atoms with Crippen molar-refractivity contribution in [3.63, 3.8) is 0 Å². The summed E-state index contributed by atoms with van der Waals surface area (Å²) in [5, 5.41) is 0. The van der Waals surface area contributed by atoms with Gasteiger partial charge < -0.3 is 19.1 Å². The Bertz CT molecular complexity index is 1160. The molecule has 2 fully saturated rings. The van der Waals surface area contributed by atoms with E-state index in [4.69, 9.17) is 14.2 Å². The van der Waals surface area contributed by atoms with E-state index in [0.29, 0.717) is 26.0 Å². The molecular weight excluding hydrogens is 519 g/mol. The lowest BCUT2D eigenvalue weighted by Crippen LogP contribution is -2.35. The topological polar surface area (TPSA) is 65.1 Å². The molecule has 1 amide bonds. The van der Waals surface area contributed by atoms with Gasteiger partial charge in [0.05, 0.1) is 37.4 Å². The molecule has 0 N–H and O–H groups in total. The van der Waals surface area contributed by atoms with Crippen LogP contribution in [0.5, 0.6) is 0 Å². The quantitative estimate of drug-likeness (QED) is 0.333. The maximum Gasteiger partial charge on any atom is 0.417 e. The van der Waals surface area contributed by atoms with E-state index in [-0.39, 0.29) is 47.9 Å². The second-order valence-electron chi connectivity index (χ2n) is 9.21. The average molecular weight is 550 g/mol. The molecule has 3 unspecified atom stereocenters. The van der Waals surface area contributed by atoms with Crippen LogP contribution >= 0.6 is 11.8 Å². The van der Waals surface area contributed by atoms with Crippen LogP contribution in [0.2, 0.25) is 0 Å². The zero-order chi connectivity index (χ0) is 27.3. The highest BCUT2D eigenvalue weighted by atomic mass is 32.2. The summed E-state index contributed by atoms with van der Waals surface area (Å²) in [4.78, 5) is 26.4. The van der Waals surface area contributed by atoms with E-state index >= 15 is 0 Å². The van der Waals surface area contributed by atoms with E-state index in [1.807, 2.05) is 30.3 Å². The lowest BCUT2D eigenvalue weighted by atomic mass is 10.0. The molecule has 38 heavy (non-hydrogen) atoms. The summed E-state index contributed by atoms with van der Waals surface area (Å²) in [5.74, 6) is -1.33. The molecule has 2 aromatic rings. The zero-order valence-electron chi connectivity index (χ0n) is 21.0. The molecule has 0 bridgehead atoms. The number of rotatable bonds is 8. The minimum atomic E-state index is -4.65. The Kier molecular flexibility index (Phi) is 9.17. The number of hydrogen-bond acceptors (Lipinski definition) is 6. The van der Waals surface area contributed by atoms with Crippen molar-refractivity contribution in [2.75, 3.05) is 32.9 Å². The lowest BCUT2D eigenvalue weighted by Gasteiger charge is -2.30. The summed E-state index contributed by atoms with van der Waals surface area (Å²) in [6.45, 7) is 6.71. The third kappa shape index (κ3) is 6.98. The van der Waals surface area contributed by atoms with Gasteiger partial charge in [-0.3, -0.25) is 9.59 Å². The maximum atomic E-state index is 14.1. The molecule has 0 aliphatic carbocycles. The number of amides is 1. The van der Waals surface area contributed by atoms with Gasteiger partial charge >= 0.3 is 12.1 Å². The first-order valence-corrected chi connectivity index (χ1v) is 13.3. The number of nitrogens with zero attached hydrogens (tertiary/aromatic N) is 1. The highest BCUT2D eigenvalue weighted by molar-refractivity contribution is 7.99. The van der Waals surface area contributed by atoms with E-state index in [1.54, 1.807) is 6.92 Å². The van der Waals surface area contributed by atoms with E-state index in [1.165, 1.54) is 17.0 Å². The summed E-state index contributed by atoms with van der Waals surface area (Å²) < 4.78 is 58.9. The second kappa shape index (κ2) is 12.4. The Hall–Kier alpha value is -2.82. The Labute approximate surface area is 224 Å². The molecule has 204 valence electrons. The monoisotopic (exact) mass is 549 g/mol. The van der Waals surface area contributed by atoms with Gasteiger partial charge in [0, 0.05) is 30.0 Å². The molecule has 2 aromatic carbocycles. The first kappa shape index (κ1) is 28.2. The van der Waals surface area contributed by atoms with Crippen LogP contribution in [-0.2, 0) is 36.4 Å².